The molecule has 7 aromatic rings. The van der Waals surface area contributed by atoms with Crippen LogP contribution in [0.25, 0.3) is 0 Å². The molecule has 7 aliphatic rings. The monoisotopic (exact) mass is 1050 g/mol. The van der Waals surface area contributed by atoms with Crippen molar-refractivity contribution in [2.45, 2.75) is 212 Å². The van der Waals surface area contributed by atoms with Crippen LogP contribution in [0, 0.1) is 0 Å². The van der Waals surface area contributed by atoms with Crippen LogP contribution in [-0.2, 0) is 49.7 Å². The van der Waals surface area contributed by atoms with E-state index in [4.69, 9.17) is 2.74 Å². The van der Waals surface area contributed by atoms with E-state index in [0.29, 0.717) is 16.8 Å². The second kappa shape index (κ2) is 16.1. The number of fused-ring (bicyclic) bond motifs is 11. The van der Waals surface area contributed by atoms with Crippen LogP contribution in [0.2, 0.25) is 0 Å². The largest absolute Gasteiger partial charge is 0.311 e. The lowest BCUT2D eigenvalue weighted by Crippen LogP contribution is -2.61. The first-order valence-electron chi connectivity index (χ1n) is 33.4. The Morgan fingerprint density at radius 3 is 1.33 bits per heavy atom. The van der Waals surface area contributed by atoms with Gasteiger partial charge in [0.15, 0.2) is 0 Å². The first-order valence-corrected chi connectivity index (χ1v) is 30.2. The van der Waals surface area contributed by atoms with E-state index in [9.17, 15) is 8.22 Å². The average Bonchev–Trinajstić information content (AvgIpc) is 1.26. The van der Waals surface area contributed by atoms with Crippen molar-refractivity contribution in [3.8, 4) is 0 Å². The second-order valence-electron chi connectivity index (χ2n) is 30.2. The normalized spacial score (nSPS) is 23.5. The summed E-state index contributed by atoms with van der Waals surface area (Å²) in [4.78, 5) is 8.33. The number of anilines is 9. The van der Waals surface area contributed by atoms with E-state index in [1.807, 2.05) is 11.3 Å². The number of hydrogen-bond acceptors (Lipinski definition) is 4. The number of hydrogen-bond donors (Lipinski definition) is 0. The molecule has 0 saturated carbocycles. The Bertz CT molecular complexity index is 4130. The van der Waals surface area contributed by atoms with Crippen LogP contribution < -0.4 is 30.4 Å². The SMILES string of the molecule is [2H]c1c([2H])c([2H])c2c(c1[2H])Cc1c([2H])c([2H])c([2H])c([2H])c1N2c1cc2c3c(c1)N(c1ccc4c(c1)C(C)(C)CCC4(C)C)c1c(sc4c1C(C)(C)CCC4(C)C)B3c1cc3c(cc1N2c1ccc2c(c1)C(C)(C)CCC2(C)C)C(C)(C)CCC3(C)C. The van der Waals surface area contributed by atoms with Crippen LogP contribution in [0.4, 0.5) is 51.2 Å². The highest BCUT2D eigenvalue weighted by atomic mass is 32.1. The maximum Gasteiger partial charge on any atom is 0.264 e. The van der Waals surface area contributed by atoms with Crippen molar-refractivity contribution >= 4 is 84.9 Å². The van der Waals surface area contributed by atoms with E-state index in [1.54, 1.807) is 4.90 Å². The maximum absolute atomic E-state index is 9.92. The van der Waals surface area contributed by atoms with Gasteiger partial charge < -0.3 is 14.7 Å². The molecule has 0 radical (unpaired) electrons. The van der Waals surface area contributed by atoms with Gasteiger partial charge in [-0.2, -0.15) is 11.3 Å². The molecule has 0 fully saturated rings. The highest BCUT2D eigenvalue weighted by molar-refractivity contribution is 7.29. The van der Waals surface area contributed by atoms with Crippen molar-refractivity contribution in [1.82, 2.24) is 0 Å². The van der Waals surface area contributed by atoms with Gasteiger partial charge in [-0.05, 0) is 210 Å². The summed E-state index contributed by atoms with van der Waals surface area (Å²) >= 11 is 2.02. The molecule has 400 valence electrons. The lowest BCUT2D eigenvalue weighted by Gasteiger charge is -2.48. The van der Waals surface area contributed by atoms with Crippen LogP contribution in [0.3, 0.4) is 0 Å². The van der Waals surface area contributed by atoms with Gasteiger partial charge in [-0.15, -0.1) is 0 Å². The Hall–Kier alpha value is -5.52. The topological polar surface area (TPSA) is 9.72 Å². The molecule has 6 aromatic carbocycles. The summed E-state index contributed by atoms with van der Waals surface area (Å²) in [5, 5.41) is 0. The summed E-state index contributed by atoms with van der Waals surface area (Å²) in [6.07, 6.45) is 8.35. The first-order chi connectivity index (χ1) is 39.9. The molecule has 3 nitrogen and oxygen atoms in total. The lowest BCUT2D eigenvalue weighted by atomic mass is 9.35. The number of thiophene rings is 1. The Labute approximate surface area is 484 Å². The van der Waals surface area contributed by atoms with Crippen molar-refractivity contribution in [1.29, 1.82) is 0 Å². The number of nitrogens with zero attached hydrogens (tertiary/aromatic N) is 3. The lowest BCUT2D eigenvalue weighted by molar-refractivity contribution is 0.332. The fourth-order valence-electron chi connectivity index (χ4n) is 15.8. The third-order valence-electron chi connectivity index (χ3n) is 21.2. The molecule has 4 heterocycles. The van der Waals surface area contributed by atoms with Crippen LogP contribution in [0.15, 0.2) is 109 Å². The minimum atomic E-state index is -0.395. The molecule has 1 aromatic heterocycles. The maximum atomic E-state index is 9.92. The zero-order valence-electron chi connectivity index (χ0n) is 57.5. The smallest absolute Gasteiger partial charge is 0.264 e. The molecule has 0 spiro atoms. The predicted molar refractivity (Wildman–Crippen MR) is 337 cm³/mol. The quantitative estimate of drug-likeness (QED) is 0.163. The Balaban J connectivity index is 1.20. The Morgan fingerprint density at radius 2 is 0.808 bits per heavy atom. The highest BCUT2D eigenvalue weighted by Crippen LogP contribution is 2.60. The third kappa shape index (κ3) is 7.13. The van der Waals surface area contributed by atoms with E-state index in [0.717, 1.165) is 85.3 Å². The molecule has 0 unspecified atom stereocenters. The van der Waals surface area contributed by atoms with Crippen molar-refractivity contribution in [2.75, 3.05) is 14.7 Å². The third-order valence-corrected chi connectivity index (χ3v) is 22.8. The van der Waals surface area contributed by atoms with Crippen LogP contribution in [0.5, 0.6) is 0 Å². The molecule has 0 N–H and O–H groups in total. The fraction of sp³-hybridized carbons (Fsp3) is 0.452. The van der Waals surface area contributed by atoms with Crippen molar-refractivity contribution in [2.24, 2.45) is 0 Å². The second-order valence-corrected chi connectivity index (χ2v) is 31.2. The molecule has 3 aliphatic heterocycles. The predicted octanol–water partition coefficient (Wildman–Crippen LogP) is 18.6. The summed E-state index contributed by atoms with van der Waals surface area (Å²) in [6.45, 7) is 38.4. The molecule has 14 rings (SSSR count). The molecule has 5 heteroatoms. The Morgan fingerprint density at radius 1 is 0.397 bits per heavy atom. The molecule has 0 bridgehead atoms. The zero-order valence-corrected chi connectivity index (χ0v) is 50.3. The van der Waals surface area contributed by atoms with Gasteiger partial charge in [0.25, 0.3) is 6.71 Å². The van der Waals surface area contributed by atoms with Gasteiger partial charge in [-0.3, -0.25) is 0 Å². The number of para-hydroxylation sites is 2. The van der Waals surface area contributed by atoms with E-state index in [1.165, 1.54) is 59.7 Å². The van der Waals surface area contributed by atoms with Gasteiger partial charge in [0, 0.05) is 55.9 Å². The molecule has 0 saturated heterocycles. The summed E-state index contributed by atoms with van der Waals surface area (Å²) < 4.78 is 77.0. The van der Waals surface area contributed by atoms with Crippen molar-refractivity contribution < 1.29 is 11.0 Å². The minimum absolute atomic E-state index is 0.0336. The number of rotatable bonds is 3. The zero-order chi connectivity index (χ0) is 61.8. The van der Waals surface area contributed by atoms with Gasteiger partial charge >= 0.3 is 0 Å². The minimum Gasteiger partial charge on any atom is -0.311 e. The van der Waals surface area contributed by atoms with Gasteiger partial charge in [0.05, 0.1) is 22.3 Å². The molecule has 0 amide bonds. The van der Waals surface area contributed by atoms with E-state index in [2.05, 4.69) is 181 Å². The fourth-order valence-corrected chi connectivity index (χ4v) is 17.5. The van der Waals surface area contributed by atoms with Gasteiger partial charge in [-0.1, -0.05) is 165 Å². The van der Waals surface area contributed by atoms with E-state index < -0.39 is 12.1 Å². The molecule has 78 heavy (non-hydrogen) atoms. The molecular weight excluding hydrogens is 962 g/mol. The standard InChI is InChI=1S/C73H84BN3S/c1-66(2)29-31-68(5,6)51-38-46(25-27-49(51)66)75-58-43-54-53(70(9,10)33-34-71(54,11)12)42-55(58)74-62-59(75)40-48(76-56-23-19-17-21-44(56)37-45-22-18-20-24-57(45)76)41-60(62)77(47-26-28-50-52(39-47)69(7,8)32-30-67(50,3)4)63-61-64(78-65(63)74)73(15,16)36-35-72(61,13)14/h17-28,38-43H,29-37H2,1-16H3/i17D,18D,19D,20D,21D,22D,23D,24D. The first kappa shape index (κ1) is 42.4. The van der Waals surface area contributed by atoms with E-state index in [-0.39, 0.29) is 104 Å². The number of benzene rings is 6. The average molecular weight is 1050 g/mol. The molecule has 4 aliphatic carbocycles. The summed E-state index contributed by atoms with van der Waals surface area (Å²) in [7, 11) is 0. The van der Waals surface area contributed by atoms with Crippen molar-refractivity contribution in [3.63, 3.8) is 0 Å². The van der Waals surface area contributed by atoms with E-state index >= 15 is 0 Å². The van der Waals surface area contributed by atoms with Crippen LogP contribution in [-0.4, -0.2) is 6.71 Å². The van der Waals surface area contributed by atoms with Crippen molar-refractivity contribution in [3.05, 3.63) is 164 Å². The molecular formula is C73H84BN3S. The van der Waals surface area contributed by atoms with Gasteiger partial charge in [0.1, 0.15) is 0 Å². The van der Waals surface area contributed by atoms with Gasteiger partial charge in [0.2, 0.25) is 0 Å². The summed E-state index contributed by atoms with van der Waals surface area (Å²) in [6, 6.07) is 21.6. The van der Waals surface area contributed by atoms with Gasteiger partial charge in [-0.25, -0.2) is 0 Å². The Kier molecular flexibility index (Phi) is 8.75. The highest BCUT2D eigenvalue weighted by Gasteiger charge is 2.53. The summed E-state index contributed by atoms with van der Waals surface area (Å²) in [5.74, 6) is 0. The van der Waals surface area contributed by atoms with Crippen LogP contribution >= 0.6 is 11.3 Å². The van der Waals surface area contributed by atoms with Crippen LogP contribution in [0.1, 0.15) is 228 Å². The summed E-state index contributed by atoms with van der Waals surface area (Å²) in [5.41, 5.74) is 19.0. The molecule has 0 atom stereocenters.